The first-order valence-electron chi connectivity index (χ1n) is 16.2. The smallest absolute Gasteiger partial charge is 0.303 e. The van der Waals surface area contributed by atoms with Gasteiger partial charge in [-0.1, -0.05) is 11.8 Å². The standard InChI is InChI=1S/C34H42O20/c1-17(35)45-15-25-27(47-19(3)37)29(49-21(5)39)31(51-23(7)41)33(53-25)43-13-11-9-10-12-14-44-34-32(52-24(8)42)30(50-22(6)40)28(48-20(4)38)26(54-34)16-46-18(2)36/h25-34H,13-16H2,1-8H3/t25-,26-,27-,28-,29+,30+,31-,32-,33+,34+/m1/s1. The SMILES string of the molecule is CC(=O)OC[C@H]1O[C@H](OCC#CC#CCO[C@H]2O[C@H](COC(C)=O)[C@@H](OC(C)=O)[C@H](OC(C)=O)[C@H]2OC(C)=O)[C@H](OC(C)=O)[C@@H](OC(C)=O)[C@@H]1OC(C)=O. The molecular weight excluding hydrogens is 728 g/mol. The Morgan fingerprint density at radius 3 is 0.963 bits per heavy atom. The monoisotopic (exact) mass is 770 g/mol. The van der Waals surface area contributed by atoms with Crippen molar-refractivity contribution in [3.8, 4) is 23.7 Å². The Morgan fingerprint density at radius 1 is 0.407 bits per heavy atom. The summed E-state index contributed by atoms with van der Waals surface area (Å²) in [5, 5.41) is 0. The van der Waals surface area contributed by atoms with E-state index in [0.717, 1.165) is 55.4 Å². The lowest BCUT2D eigenvalue weighted by Gasteiger charge is -2.43. The molecule has 54 heavy (non-hydrogen) atoms. The van der Waals surface area contributed by atoms with Gasteiger partial charge in [0.1, 0.15) is 38.6 Å². The summed E-state index contributed by atoms with van der Waals surface area (Å²) < 4.78 is 64.9. The summed E-state index contributed by atoms with van der Waals surface area (Å²) in [6.45, 7) is 7.04. The van der Waals surface area contributed by atoms with Gasteiger partial charge in [0.15, 0.2) is 49.2 Å². The van der Waals surface area contributed by atoms with Crippen molar-refractivity contribution in [2.75, 3.05) is 26.4 Å². The normalized spacial score (nSPS) is 27.1. The minimum absolute atomic E-state index is 0.400. The van der Waals surface area contributed by atoms with E-state index in [-0.39, 0.29) is 0 Å². The van der Waals surface area contributed by atoms with E-state index in [0.29, 0.717) is 0 Å². The fraction of sp³-hybridized carbons (Fsp3) is 0.647. The number of hydrogen-bond donors (Lipinski definition) is 0. The third-order valence-corrected chi connectivity index (χ3v) is 6.78. The minimum atomic E-state index is -1.46. The summed E-state index contributed by atoms with van der Waals surface area (Å²) in [7, 11) is 0. The summed E-state index contributed by atoms with van der Waals surface area (Å²) >= 11 is 0. The fourth-order valence-corrected chi connectivity index (χ4v) is 5.05. The molecule has 298 valence electrons. The van der Waals surface area contributed by atoms with Gasteiger partial charge in [-0.2, -0.15) is 0 Å². The van der Waals surface area contributed by atoms with Gasteiger partial charge >= 0.3 is 47.8 Å². The average molecular weight is 771 g/mol. The maximum atomic E-state index is 12.0. The van der Waals surface area contributed by atoms with E-state index in [1.54, 1.807) is 0 Å². The van der Waals surface area contributed by atoms with E-state index >= 15 is 0 Å². The number of carbonyl (C=O) groups excluding carboxylic acids is 8. The summed E-state index contributed by atoms with van der Waals surface area (Å²) in [4.78, 5) is 94.7. The van der Waals surface area contributed by atoms with Crippen molar-refractivity contribution in [1.82, 2.24) is 0 Å². The van der Waals surface area contributed by atoms with Gasteiger partial charge in [0.05, 0.1) is 0 Å². The molecule has 0 N–H and O–H groups in total. The predicted octanol–water partition coefficient (Wildman–Crippen LogP) is -0.807. The third-order valence-electron chi connectivity index (χ3n) is 6.78. The summed E-state index contributed by atoms with van der Waals surface area (Å²) in [5.74, 6) is 3.88. The molecule has 20 heteroatoms. The second-order valence-electron chi connectivity index (χ2n) is 11.4. The molecule has 0 aromatic rings. The highest BCUT2D eigenvalue weighted by atomic mass is 16.7. The van der Waals surface area contributed by atoms with Crippen LogP contribution in [0.1, 0.15) is 55.4 Å². The lowest BCUT2D eigenvalue weighted by Crippen LogP contribution is -2.63. The van der Waals surface area contributed by atoms with E-state index in [2.05, 4.69) is 23.7 Å². The Morgan fingerprint density at radius 2 is 0.685 bits per heavy atom. The van der Waals surface area contributed by atoms with Crippen LogP contribution in [0.3, 0.4) is 0 Å². The first kappa shape index (κ1) is 44.9. The van der Waals surface area contributed by atoms with Gasteiger partial charge < -0.3 is 56.8 Å². The molecule has 2 aliphatic heterocycles. The Hall–Kier alpha value is -5.28. The number of carbonyl (C=O) groups is 8. The van der Waals surface area contributed by atoms with Crippen LogP contribution < -0.4 is 0 Å². The number of esters is 8. The van der Waals surface area contributed by atoms with Crippen molar-refractivity contribution in [3.05, 3.63) is 0 Å². The Balaban J connectivity index is 2.24. The first-order valence-corrected chi connectivity index (χ1v) is 16.2. The molecule has 0 unspecified atom stereocenters. The molecule has 2 rings (SSSR count). The van der Waals surface area contributed by atoms with Gasteiger partial charge in [-0.15, -0.1) is 0 Å². The van der Waals surface area contributed by atoms with E-state index in [9.17, 15) is 38.4 Å². The fourth-order valence-electron chi connectivity index (χ4n) is 5.05. The zero-order chi connectivity index (χ0) is 40.5. The Kier molecular flexibility index (Phi) is 18.3. The average Bonchev–Trinajstić information content (AvgIpc) is 3.04. The maximum absolute atomic E-state index is 12.0. The van der Waals surface area contributed by atoms with E-state index < -0.39 is 136 Å². The minimum Gasteiger partial charge on any atom is -0.463 e. The molecule has 0 spiro atoms. The van der Waals surface area contributed by atoms with Gasteiger partial charge in [0.2, 0.25) is 0 Å². The molecule has 0 bridgehead atoms. The Bertz CT molecular complexity index is 1400. The van der Waals surface area contributed by atoms with Crippen molar-refractivity contribution in [2.45, 2.75) is 117 Å². The second kappa shape index (κ2) is 22.1. The highest BCUT2D eigenvalue weighted by Gasteiger charge is 2.54. The summed E-state index contributed by atoms with van der Waals surface area (Å²) in [6.07, 6.45) is -13.9. The van der Waals surface area contributed by atoms with Gasteiger partial charge in [0, 0.05) is 55.4 Å². The number of hydrogen-bond acceptors (Lipinski definition) is 20. The van der Waals surface area contributed by atoms with Crippen molar-refractivity contribution in [1.29, 1.82) is 0 Å². The third kappa shape index (κ3) is 15.4. The first-order chi connectivity index (χ1) is 25.4. The highest BCUT2D eigenvalue weighted by molar-refractivity contribution is 5.70. The van der Waals surface area contributed by atoms with Gasteiger partial charge in [-0.05, 0) is 11.8 Å². The van der Waals surface area contributed by atoms with E-state index in [1.165, 1.54) is 0 Å². The molecule has 0 saturated carbocycles. The summed E-state index contributed by atoms with van der Waals surface area (Å²) in [5.41, 5.74) is 0. The van der Waals surface area contributed by atoms with Crippen molar-refractivity contribution < 1.29 is 95.2 Å². The predicted molar refractivity (Wildman–Crippen MR) is 171 cm³/mol. The summed E-state index contributed by atoms with van der Waals surface area (Å²) in [6, 6.07) is 0. The van der Waals surface area contributed by atoms with Gasteiger partial charge in [-0.25, -0.2) is 0 Å². The van der Waals surface area contributed by atoms with Crippen molar-refractivity contribution in [2.24, 2.45) is 0 Å². The molecule has 10 atom stereocenters. The molecule has 0 radical (unpaired) electrons. The molecule has 2 aliphatic rings. The van der Waals surface area contributed by atoms with Gasteiger partial charge in [0.25, 0.3) is 0 Å². The van der Waals surface area contributed by atoms with Crippen LogP contribution in [0.2, 0.25) is 0 Å². The molecule has 0 aromatic heterocycles. The molecule has 0 aromatic carbocycles. The van der Waals surface area contributed by atoms with Crippen LogP contribution in [-0.4, -0.2) is 136 Å². The van der Waals surface area contributed by atoms with E-state index in [1.807, 2.05) is 0 Å². The van der Waals surface area contributed by atoms with Crippen LogP contribution in [0, 0.1) is 23.7 Å². The van der Waals surface area contributed by atoms with E-state index in [4.69, 9.17) is 56.8 Å². The largest absolute Gasteiger partial charge is 0.463 e. The molecule has 2 fully saturated rings. The molecular formula is C34H42O20. The lowest BCUT2D eigenvalue weighted by atomic mass is 9.98. The molecule has 2 saturated heterocycles. The van der Waals surface area contributed by atoms with Crippen LogP contribution in [0.4, 0.5) is 0 Å². The zero-order valence-corrected chi connectivity index (χ0v) is 30.8. The van der Waals surface area contributed by atoms with Crippen molar-refractivity contribution in [3.63, 3.8) is 0 Å². The lowest BCUT2D eigenvalue weighted by molar-refractivity contribution is -0.305. The molecule has 20 nitrogen and oxygen atoms in total. The van der Waals surface area contributed by atoms with Crippen molar-refractivity contribution >= 4 is 47.8 Å². The second-order valence-corrected chi connectivity index (χ2v) is 11.4. The van der Waals surface area contributed by atoms with Crippen LogP contribution in [0.25, 0.3) is 0 Å². The number of ether oxygens (including phenoxy) is 12. The molecule has 2 heterocycles. The Labute approximate surface area is 309 Å². The molecule has 0 aliphatic carbocycles. The topological polar surface area (TPSA) is 247 Å². The van der Waals surface area contributed by atoms with Gasteiger partial charge in [-0.3, -0.25) is 38.4 Å². The van der Waals surface area contributed by atoms with Crippen LogP contribution >= 0.6 is 0 Å². The zero-order valence-electron chi connectivity index (χ0n) is 30.8. The maximum Gasteiger partial charge on any atom is 0.303 e. The molecule has 0 amide bonds. The van der Waals surface area contributed by atoms with Crippen LogP contribution in [0.5, 0.6) is 0 Å². The van der Waals surface area contributed by atoms with Crippen LogP contribution in [-0.2, 0) is 95.2 Å². The highest BCUT2D eigenvalue weighted by Crippen LogP contribution is 2.31. The quantitative estimate of drug-likeness (QED) is 0.119. The van der Waals surface area contributed by atoms with Crippen LogP contribution in [0.15, 0.2) is 0 Å². The number of rotatable bonds is 14.